The van der Waals surface area contributed by atoms with E-state index >= 15 is 0 Å². The summed E-state index contributed by atoms with van der Waals surface area (Å²) in [5, 5.41) is 46.9. The van der Waals surface area contributed by atoms with Crippen molar-refractivity contribution in [3.63, 3.8) is 0 Å². The van der Waals surface area contributed by atoms with Crippen molar-refractivity contribution in [2.24, 2.45) is 45.3 Å². The van der Waals surface area contributed by atoms with Crippen molar-refractivity contribution in [1.82, 2.24) is 0 Å². The minimum Gasteiger partial charge on any atom is -0.550 e. The van der Waals surface area contributed by atoms with E-state index in [1.165, 1.54) is 0 Å². The van der Waals surface area contributed by atoms with Crippen LogP contribution in [0.25, 0.3) is 0 Å². The first-order valence-electron chi connectivity index (χ1n) is 31.2. The molecule has 0 aromatic heterocycles. The van der Waals surface area contributed by atoms with E-state index in [0.717, 1.165) is 205 Å². The molecule has 8 unspecified atom stereocenters. The van der Waals surface area contributed by atoms with Crippen molar-refractivity contribution in [2.75, 3.05) is 0 Å². The fraction of sp³-hybridized carbons (Fsp3) is 0.938. The Hall–Kier alpha value is -1.32. The molecule has 0 aliphatic carbocycles. The van der Waals surface area contributed by atoms with Gasteiger partial charge in [-0.15, -0.1) is 0 Å². The van der Waals surface area contributed by atoms with Crippen molar-refractivity contribution in [2.45, 2.75) is 342 Å². The van der Waals surface area contributed by atoms with Crippen LogP contribution in [0.3, 0.4) is 0 Å². The second kappa shape index (κ2) is 50.2. The number of hydrogen-bond donors (Lipinski definition) is 0. The summed E-state index contributed by atoms with van der Waals surface area (Å²) in [7, 11) is 0. The number of carboxylic acids is 4. The van der Waals surface area contributed by atoms with E-state index < -0.39 is 45.5 Å². The molecule has 0 bridgehead atoms. The van der Waals surface area contributed by atoms with Crippen LogP contribution >= 0.6 is 0 Å². The maximum Gasteiger partial charge on any atom is 4.00 e. The summed E-state index contributed by atoms with van der Waals surface area (Å²) in [6.45, 7) is 33.8. The average molecular weight is 1140 g/mol. The third kappa shape index (κ3) is 29.3. The SMILES string of the molecule is CCCCC(CCC)C(CC)(CCCC)C(=O)[O-].CCCCC(CCC)C(CC)(CCCC)C(=O)[O-].CCCCC(CCC)C(CC)(CCCC)C(=O)[O-].CCCCC(CCC)C(CC)(CCCC)C(=O)[O-].[Sn+4]. The van der Waals surface area contributed by atoms with Crippen LogP contribution in [0.4, 0.5) is 0 Å². The predicted molar refractivity (Wildman–Crippen MR) is 306 cm³/mol. The molecule has 0 saturated heterocycles. The summed E-state index contributed by atoms with van der Waals surface area (Å²) in [4.78, 5) is 46.9. The molecule has 8 nitrogen and oxygen atoms in total. The van der Waals surface area contributed by atoms with Gasteiger partial charge in [-0.2, -0.15) is 0 Å². The molecule has 0 radical (unpaired) electrons. The Balaban J connectivity index is -0.000000280. The van der Waals surface area contributed by atoms with Gasteiger partial charge >= 0.3 is 23.9 Å². The van der Waals surface area contributed by atoms with Crippen molar-refractivity contribution in [1.29, 1.82) is 0 Å². The van der Waals surface area contributed by atoms with Crippen LogP contribution in [0, 0.1) is 45.3 Å². The molecule has 0 aliphatic heterocycles. The molecule has 0 fully saturated rings. The Kier molecular flexibility index (Phi) is 55.4. The smallest absolute Gasteiger partial charge is 0.550 e. The maximum atomic E-state index is 11.7. The van der Waals surface area contributed by atoms with Gasteiger partial charge in [0.1, 0.15) is 0 Å². The van der Waals surface area contributed by atoms with E-state index in [4.69, 9.17) is 0 Å². The van der Waals surface area contributed by atoms with E-state index in [1.807, 2.05) is 27.7 Å². The van der Waals surface area contributed by atoms with Gasteiger partial charge in [0, 0.05) is 45.5 Å². The zero-order valence-corrected chi connectivity index (χ0v) is 54.4. The van der Waals surface area contributed by atoms with E-state index in [0.29, 0.717) is 49.4 Å². The first kappa shape index (κ1) is 80.5. The maximum absolute atomic E-state index is 11.7. The zero-order valence-electron chi connectivity index (χ0n) is 51.5. The number of hydrogen-bond acceptors (Lipinski definition) is 8. The number of carbonyl (C=O) groups excluding carboxylic acids is 4. The summed E-state index contributed by atoms with van der Waals surface area (Å²) < 4.78 is 0. The summed E-state index contributed by atoms with van der Waals surface area (Å²) in [5.74, 6) is -2.07. The molecule has 0 heterocycles. The number of carbonyl (C=O) groups is 4. The molecular weight excluding hydrogens is 1020 g/mol. The topological polar surface area (TPSA) is 161 Å². The van der Waals surface area contributed by atoms with Crippen molar-refractivity contribution < 1.29 is 39.6 Å². The van der Waals surface area contributed by atoms with Gasteiger partial charge in [0.25, 0.3) is 0 Å². The van der Waals surface area contributed by atoms with Gasteiger partial charge in [0.15, 0.2) is 0 Å². The van der Waals surface area contributed by atoms with Crippen LogP contribution in [-0.4, -0.2) is 47.8 Å². The third-order valence-corrected chi connectivity index (χ3v) is 17.4. The Bertz CT molecular complexity index is 1100. The van der Waals surface area contributed by atoms with Crippen LogP contribution in [0.5, 0.6) is 0 Å². The van der Waals surface area contributed by atoms with Crippen LogP contribution < -0.4 is 20.4 Å². The molecule has 0 rings (SSSR count). The number of unbranched alkanes of at least 4 members (excludes halogenated alkanes) is 8. The molecule has 9 heteroatoms. The van der Waals surface area contributed by atoms with Crippen LogP contribution in [0.15, 0.2) is 0 Å². The van der Waals surface area contributed by atoms with Crippen molar-refractivity contribution in [3.05, 3.63) is 0 Å². The summed E-state index contributed by atoms with van der Waals surface area (Å²) in [5.41, 5.74) is -2.33. The Morgan fingerprint density at radius 1 is 0.260 bits per heavy atom. The molecule has 0 aromatic rings. The Labute approximate surface area is 472 Å². The molecule has 0 aliphatic rings. The van der Waals surface area contributed by atoms with E-state index in [-0.39, 0.29) is 23.9 Å². The monoisotopic (exact) mass is 1140 g/mol. The molecule has 0 spiro atoms. The molecular formula is C64H124O8Sn. The Morgan fingerprint density at radius 3 is 0.507 bits per heavy atom. The van der Waals surface area contributed by atoms with Crippen molar-refractivity contribution >= 4 is 47.8 Å². The minimum absolute atomic E-state index is 0. The van der Waals surface area contributed by atoms with Crippen LogP contribution in [0.1, 0.15) is 342 Å². The number of carboxylic acid groups (broad SMARTS) is 4. The quantitative estimate of drug-likeness (QED) is 0.0545. The normalized spacial score (nSPS) is 16.0. The second-order valence-electron chi connectivity index (χ2n) is 22.1. The standard InChI is InChI=1S/4C16H32O2.Sn/c4*1-5-9-12-14(11-7-3)16(8-4,15(17)18)13-10-6-2;/h4*14H,5-13H2,1-4H3,(H,17,18);/q;;;;+4/p-4. The Morgan fingerprint density at radius 2 is 0.411 bits per heavy atom. The summed E-state index contributed by atoms with van der Waals surface area (Å²) in [6, 6.07) is 0. The first-order chi connectivity index (χ1) is 34.3. The molecule has 0 amide bonds. The van der Waals surface area contributed by atoms with Gasteiger partial charge in [-0.1, -0.05) is 239 Å². The summed E-state index contributed by atoms with van der Waals surface area (Å²) >= 11 is 0. The van der Waals surface area contributed by atoms with Gasteiger partial charge in [-0.3, -0.25) is 0 Å². The molecule has 432 valence electrons. The second-order valence-corrected chi connectivity index (χ2v) is 22.1. The first-order valence-corrected chi connectivity index (χ1v) is 31.2. The minimum atomic E-state index is -0.812. The van der Waals surface area contributed by atoms with Crippen LogP contribution in [0.2, 0.25) is 0 Å². The zero-order chi connectivity index (χ0) is 56.1. The largest absolute Gasteiger partial charge is 4.00 e. The van der Waals surface area contributed by atoms with E-state index in [9.17, 15) is 39.6 Å². The molecule has 0 N–H and O–H groups in total. The van der Waals surface area contributed by atoms with Crippen LogP contribution in [-0.2, 0) is 19.2 Å². The average Bonchev–Trinajstić information content (AvgIpc) is 3.36. The predicted octanol–water partition coefficient (Wildman–Crippen LogP) is 15.3. The number of aliphatic carboxylic acids is 4. The fourth-order valence-electron chi connectivity index (χ4n) is 12.3. The van der Waals surface area contributed by atoms with Gasteiger partial charge in [0.05, 0.1) is 0 Å². The number of rotatable bonds is 44. The fourth-order valence-corrected chi connectivity index (χ4v) is 12.3. The molecule has 0 aromatic carbocycles. The van der Waals surface area contributed by atoms with E-state index in [1.54, 1.807) is 0 Å². The third-order valence-electron chi connectivity index (χ3n) is 17.4. The molecule has 8 atom stereocenters. The van der Waals surface area contributed by atoms with Gasteiger partial charge < -0.3 is 39.6 Å². The van der Waals surface area contributed by atoms with E-state index in [2.05, 4.69) is 83.1 Å². The van der Waals surface area contributed by atoms with Gasteiger partial charge in [-0.25, -0.2) is 0 Å². The molecule has 73 heavy (non-hydrogen) atoms. The summed E-state index contributed by atoms with van der Waals surface area (Å²) in [6.07, 6.45) is 35.8. The van der Waals surface area contributed by atoms with Crippen molar-refractivity contribution in [3.8, 4) is 0 Å². The van der Waals surface area contributed by atoms with Gasteiger partial charge in [-0.05, 0) is 126 Å². The molecule has 0 saturated carbocycles. The van der Waals surface area contributed by atoms with Gasteiger partial charge in [0.2, 0.25) is 0 Å².